The second-order valence-corrected chi connectivity index (χ2v) is 7.12. The average Bonchev–Trinajstić information content (AvgIpc) is 2.59. The topological polar surface area (TPSA) is 72.2 Å². The fourth-order valence-electron chi connectivity index (χ4n) is 3.80. The van der Waals surface area contributed by atoms with Gasteiger partial charge in [0.15, 0.2) is 5.78 Å². The van der Waals surface area contributed by atoms with Crippen LogP contribution in [0, 0.1) is 16.2 Å². The van der Waals surface area contributed by atoms with Crippen molar-refractivity contribution in [2.24, 2.45) is 22.0 Å². The fourth-order valence-corrected chi connectivity index (χ4v) is 5.31. The Balaban J connectivity index is 2.43. The molecule has 0 heterocycles. The zero-order valence-electron chi connectivity index (χ0n) is 11.2. The van der Waals surface area contributed by atoms with Crippen molar-refractivity contribution >= 4 is 27.6 Å². The van der Waals surface area contributed by atoms with Crippen LogP contribution in [-0.2, 0) is 9.59 Å². The third-order valence-electron chi connectivity index (χ3n) is 5.56. The molecule has 3 N–H and O–H groups in total. The molecule has 18 heavy (non-hydrogen) atoms. The lowest BCUT2D eigenvalue weighted by atomic mass is 9.64. The van der Waals surface area contributed by atoms with Gasteiger partial charge < -0.3 is 11.1 Å². The lowest BCUT2D eigenvalue weighted by Crippen LogP contribution is -2.51. The number of amides is 1. The Hall–Kier alpha value is -0.420. The van der Waals surface area contributed by atoms with Crippen LogP contribution < -0.4 is 11.1 Å². The highest BCUT2D eigenvalue weighted by Crippen LogP contribution is 2.72. The van der Waals surface area contributed by atoms with E-state index in [1.807, 2.05) is 20.8 Å². The molecular formula is C13H21BrN2O2. The van der Waals surface area contributed by atoms with Crippen molar-refractivity contribution in [3.05, 3.63) is 0 Å². The number of carbonyl (C=O) groups excluding carboxylic acids is 2. The number of rotatable bonds is 3. The molecule has 102 valence electrons. The standard InChI is InChI=1S/C13H21BrN2O2/c1-11(2)12(3)4-5-13(11,8(14)9(12)17)10(18)16-7-6-15/h8H,4-7,15H2,1-3H3,(H,16,18)/t8-,12+,13+/m0/s1. The van der Waals surface area contributed by atoms with Gasteiger partial charge in [-0.15, -0.1) is 0 Å². The molecule has 0 spiro atoms. The van der Waals surface area contributed by atoms with Crippen LogP contribution in [0.15, 0.2) is 0 Å². The summed E-state index contributed by atoms with van der Waals surface area (Å²) in [5.41, 5.74) is 4.07. The lowest BCUT2D eigenvalue weighted by Gasteiger charge is -2.39. The zero-order chi connectivity index (χ0) is 13.8. The minimum atomic E-state index is -0.631. The monoisotopic (exact) mass is 316 g/mol. The summed E-state index contributed by atoms with van der Waals surface area (Å²) in [6.45, 7) is 6.96. The highest BCUT2D eigenvalue weighted by molar-refractivity contribution is 9.10. The van der Waals surface area contributed by atoms with Crippen LogP contribution in [0.25, 0.3) is 0 Å². The first-order chi connectivity index (χ1) is 8.25. The Bertz CT molecular complexity index is 410. The van der Waals surface area contributed by atoms with Crippen LogP contribution in [0.4, 0.5) is 0 Å². The van der Waals surface area contributed by atoms with Crippen molar-refractivity contribution in [1.29, 1.82) is 0 Å². The highest BCUT2D eigenvalue weighted by atomic mass is 79.9. The Morgan fingerprint density at radius 1 is 1.44 bits per heavy atom. The van der Waals surface area contributed by atoms with Crippen LogP contribution in [0.3, 0.4) is 0 Å². The molecule has 2 fully saturated rings. The smallest absolute Gasteiger partial charge is 0.228 e. The summed E-state index contributed by atoms with van der Waals surface area (Å²) in [5, 5.41) is 2.87. The molecule has 3 atom stereocenters. The second kappa shape index (κ2) is 4.04. The molecule has 0 aromatic rings. The first-order valence-corrected chi connectivity index (χ1v) is 7.34. The molecule has 2 aliphatic rings. The van der Waals surface area contributed by atoms with E-state index < -0.39 is 10.8 Å². The summed E-state index contributed by atoms with van der Waals surface area (Å²) >= 11 is 3.48. The highest BCUT2D eigenvalue weighted by Gasteiger charge is 2.76. The van der Waals surface area contributed by atoms with E-state index in [0.717, 1.165) is 12.8 Å². The number of hydrogen-bond acceptors (Lipinski definition) is 3. The quantitative estimate of drug-likeness (QED) is 0.769. The molecule has 2 aliphatic carbocycles. The minimum Gasteiger partial charge on any atom is -0.354 e. The Kier molecular flexibility index (Phi) is 3.14. The molecule has 5 heteroatoms. The molecule has 0 aromatic carbocycles. The molecule has 2 rings (SSSR count). The maximum absolute atomic E-state index is 12.5. The maximum atomic E-state index is 12.5. The number of Topliss-reactive ketones (excluding diaryl/α,β-unsaturated/α-hetero) is 1. The summed E-state index contributed by atoms with van der Waals surface area (Å²) < 4.78 is 0. The summed E-state index contributed by atoms with van der Waals surface area (Å²) in [6, 6.07) is 0. The number of carbonyl (C=O) groups is 2. The van der Waals surface area contributed by atoms with Gasteiger partial charge in [0.25, 0.3) is 0 Å². The van der Waals surface area contributed by atoms with Crippen LogP contribution >= 0.6 is 15.9 Å². The molecule has 0 saturated heterocycles. The maximum Gasteiger partial charge on any atom is 0.228 e. The van der Waals surface area contributed by atoms with Crippen molar-refractivity contribution in [2.45, 2.75) is 38.4 Å². The van der Waals surface area contributed by atoms with Gasteiger partial charge in [-0.3, -0.25) is 9.59 Å². The number of halogens is 1. The number of hydrogen-bond donors (Lipinski definition) is 2. The van der Waals surface area contributed by atoms with Gasteiger partial charge in [0.2, 0.25) is 5.91 Å². The van der Waals surface area contributed by atoms with E-state index >= 15 is 0 Å². The first-order valence-electron chi connectivity index (χ1n) is 6.42. The fraction of sp³-hybridized carbons (Fsp3) is 0.846. The van der Waals surface area contributed by atoms with E-state index in [2.05, 4.69) is 21.2 Å². The molecule has 4 nitrogen and oxygen atoms in total. The van der Waals surface area contributed by atoms with Crippen molar-refractivity contribution in [3.63, 3.8) is 0 Å². The number of nitrogens with two attached hydrogens (primary N) is 1. The van der Waals surface area contributed by atoms with Gasteiger partial charge in [0.05, 0.1) is 10.2 Å². The molecule has 0 aliphatic heterocycles. The number of ketones is 1. The summed E-state index contributed by atoms with van der Waals surface area (Å²) in [5.74, 6) is 0.135. The molecule has 1 amide bonds. The molecule has 0 radical (unpaired) electrons. The molecule has 2 bridgehead atoms. The van der Waals surface area contributed by atoms with E-state index in [-0.39, 0.29) is 21.9 Å². The van der Waals surface area contributed by atoms with E-state index in [1.165, 1.54) is 0 Å². The first kappa shape index (κ1) is 14.0. The van der Waals surface area contributed by atoms with Gasteiger partial charge in [0.1, 0.15) is 0 Å². The van der Waals surface area contributed by atoms with Gasteiger partial charge in [0, 0.05) is 18.5 Å². The summed E-state index contributed by atoms with van der Waals surface area (Å²) in [7, 11) is 0. The average molecular weight is 317 g/mol. The predicted molar refractivity (Wildman–Crippen MR) is 73.3 cm³/mol. The summed E-state index contributed by atoms with van der Waals surface area (Å²) in [4.78, 5) is 24.6. The zero-order valence-corrected chi connectivity index (χ0v) is 12.8. The van der Waals surface area contributed by atoms with Gasteiger partial charge >= 0.3 is 0 Å². The van der Waals surface area contributed by atoms with E-state index in [1.54, 1.807) is 0 Å². The van der Waals surface area contributed by atoms with Crippen LogP contribution in [0.2, 0.25) is 0 Å². The molecule has 0 aromatic heterocycles. The number of nitrogens with one attached hydrogen (secondary N) is 1. The molecule has 0 unspecified atom stereocenters. The van der Waals surface area contributed by atoms with E-state index in [0.29, 0.717) is 13.1 Å². The van der Waals surface area contributed by atoms with E-state index in [4.69, 9.17) is 5.73 Å². The minimum absolute atomic E-state index is 0.0330. The Morgan fingerprint density at radius 3 is 2.50 bits per heavy atom. The number of fused-ring (bicyclic) bond motifs is 2. The van der Waals surface area contributed by atoms with Crippen molar-refractivity contribution in [1.82, 2.24) is 5.32 Å². The van der Waals surface area contributed by atoms with Gasteiger partial charge in [-0.1, -0.05) is 36.7 Å². The largest absolute Gasteiger partial charge is 0.354 e. The van der Waals surface area contributed by atoms with Crippen molar-refractivity contribution in [2.75, 3.05) is 13.1 Å². The molecular weight excluding hydrogens is 296 g/mol. The van der Waals surface area contributed by atoms with Crippen molar-refractivity contribution < 1.29 is 9.59 Å². The Morgan fingerprint density at radius 2 is 2.06 bits per heavy atom. The van der Waals surface area contributed by atoms with Gasteiger partial charge in [-0.2, -0.15) is 0 Å². The third kappa shape index (κ3) is 1.29. The van der Waals surface area contributed by atoms with Crippen LogP contribution in [0.1, 0.15) is 33.6 Å². The van der Waals surface area contributed by atoms with E-state index in [9.17, 15) is 9.59 Å². The van der Waals surface area contributed by atoms with Crippen molar-refractivity contribution in [3.8, 4) is 0 Å². The normalized spacial score (nSPS) is 41.2. The van der Waals surface area contributed by atoms with Crippen LogP contribution in [0.5, 0.6) is 0 Å². The third-order valence-corrected chi connectivity index (χ3v) is 6.75. The van der Waals surface area contributed by atoms with Crippen LogP contribution in [-0.4, -0.2) is 29.6 Å². The number of alkyl halides is 1. The lowest BCUT2D eigenvalue weighted by molar-refractivity contribution is -0.135. The summed E-state index contributed by atoms with van der Waals surface area (Å²) in [6.07, 6.45) is 1.55. The molecule has 2 saturated carbocycles. The second-order valence-electron chi connectivity index (χ2n) is 6.20. The Labute approximate surface area is 116 Å². The SMILES string of the molecule is CC1(C)[C@]2(C(=O)NCCN)CC[C@]1(C)C(=O)[C@@H]2Br. The van der Waals surface area contributed by atoms with Gasteiger partial charge in [-0.25, -0.2) is 0 Å². The van der Waals surface area contributed by atoms with Gasteiger partial charge in [-0.05, 0) is 18.3 Å². The predicted octanol–water partition coefficient (Wildman–Crippen LogP) is 1.22.